The van der Waals surface area contributed by atoms with Crippen molar-refractivity contribution in [2.45, 2.75) is 72.8 Å². The van der Waals surface area contributed by atoms with Crippen molar-refractivity contribution >= 4 is 11.9 Å². The second-order valence-corrected chi connectivity index (χ2v) is 5.98. The summed E-state index contributed by atoms with van der Waals surface area (Å²) >= 11 is 0. The van der Waals surface area contributed by atoms with Gasteiger partial charge in [-0.25, -0.2) is 0 Å². The number of unbranched alkanes of at least 4 members (excludes halogenated alkanes) is 3. The van der Waals surface area contributed by atoms with Crippen LogP contribution >= 0.6 is 0 Å². The molecule has 0 saturated carbocycles. The van der Waals surface area contributed by atoms with Crippen LogP contribution in [0.4, 0.5) is 0 Å². The third kappa shape index (κ3) is 9.82. The first kappa shape index (κ1) is 18.9. The molecule has 1 amide bonds. The molecule has 4 nitrogen and oxygen atoms in total. The van der Waals surface area contributed by atoms with E-state index in [0.29, 0.717) is 11.8 Å². The van der Waals surface area contributed by atoms with E-state index in [-0.39, 0.29) is 18.0 Å². The zero-order valence-corrected chi connectivity index (χ0v) is 13.7. The molecular weight excluding hydrogens is 254 g/mol. The van der Waals surface area contributed by atoms with E-state index >= 15 is 0 Å². The van der Waals surface area contributed by atoms with Crippen molar-refractivity contribution in [1.29, 1.82) is 0 Å². The summed E-state index contributed by atoms with van der Waals surface area (Å²) in [5.41, 5.74) is 0. The molecule has 0 fully saturated rings. The van der Waals surface area contributed by atoms with Gasteiger partial charge in [-0.1, -0.05) is 40.0 Å². The SMILES string of the molecule is CC(=O)NCCCCCCC(C)C(OC(C)=O)C(C)C. The van der Waals surface area contributed by atoms with Crippen molar-refractivity contribution < 1.29 is 14.3 Å². The number of carbonyl (C=O) groups excluding carboxylic acids is 2. The Kier molecular flexibility index (Phi) is 10.1. The Labute approximate surface area is 123 Å². The van der Waals surface area contributed by atoms with Crippen LogP contribution in [0.5, 0.6) is 0 Å². The number of carbonyl (C=O) groups is 2. The summed E-state index contributed by atoms with van der Waals surface area (Å²) in [7, 11) is 0. The third-order valence-electron chi connectivity index (χ3n) is 3.48. The molecule has 1 N–H and O–H groups in total. The fourth-order valence-corrected chi connectivity index (χ4v) is 2.47. The van der Waals surface area contributed by atoms with E-state index in [1.165, 1.54) is 6.92 Å². The van der Waals surface area contributed by atoms with Gasteiger partial charge in [-0.15, -0.1) is 0 Å². The molecular formula is C16H31NO3. The molecule has 0 rings (SSSR count). The number of amides is 1. The predicted octanol–water partition coefficient (Wildman–Crippen LogP) is 3.30. The standard InChI is InChI=1S/C16H31NO3/c1-12(2)16(20-15(5)19)13(3)10-8-6-7-9-11-17-14(4)18/h12-13,16H,6-11H2,1-5H3,(H,17,18). The Morgan fingerprint density at radius 2 is 1.60 bits per heavy atom. The molecule has 0 aliphatic rings. The second kappa shape index (κ2) is 10.7. The van der Waals surface area contributed by atoms with E-state index in [2.05, 4.69) is 26.1 Å². The predicted molar refractivity (Wildman–Crippen MR) is 81.3 cm³/mol. The van der Waals surface area contributed by atoms with Crippen molar-refractivity contribution in [2.24, 2.45) is 11.8 Å². The molecule has 0 heterocycles. The topological polar surface area (TPSA) is 55.4 Å². The lowest BCUT2D eigenvalue weighted by Gasteiger charge is -2.27. The number of hydrogen-bond donors (Lipinski definition) is 1. The molecule has 0 aromatic rings. The van der Waals surface area contributed by atoms with Gasteiger partial charge in [0, 0.05) is 20.4 Å². The molecule has 0 aromatic carbocycles. The molecule has 0 bridgehead atoms. The van der Waals surface area contributed by atoms with Crippen molar-refractivity contribution in [2.75, 3.05) is 6.54 Å². The number of nitrogens with one attached hydrogen (secondary N) is 1. The van der Waals surface area contributed by atoms with Crippen molar-refractivity contribution in [3.8, 4) is 0 Å². The Morgan fingerprint density at radius 1 is 1.00 bits per heavy atom. The van der Waals surface area contributed by atoms with Crippen LogP contribution in [-0.4, -0.2) is 24.5 Å². The summed E-state index contributed by atoms with van der Waals surface area (Å²) in [6.45, 7) is 10.1. The van der Waals surface area contributed by atoms with Gasteiger partial charge in [-0.3, -0.25) is 9.59 Å². The summed E-state index contributed by atoms with van der Waals surface area (Å²) < 4.78 is 5.41. The quantitative estimate of drug-likeness (QED) is 0.495. The molecule has 118 valence electrons. The van der Waals surface area contributed by atoms with Crippen LogP contribution in [0.25, 0.3) is 0 Å². The maximum atomic E-state index is 11.1. The monoisotopic (exact) mass is 285 g/mol. The van der Waals surface area contributed by atoms with E-state index in [4.69, 9.17) is 4.74 Å². The van der Waals surface area contributed by atoms with Gasteiger partial charge in [0.05, 0.1) is 0 Å². The molecule has 0 radical (unpaired) electrons. The van der Waals surface area contributed by atoms with Crippen LogP contribution in [0.2, 0.25) is 0 Å². The van der Waals surface area contributed by atoms with Crippen molar-refractivity contribution in [1.82, 2.24) is 5.32 Å². The highest BCUT2D eigenvalue weighted by atomic mass is 16.5. The molecule has 20 heavy (non-hydrogen) atoms. The first-order chi connectivity index (χ1) is 9.34. The van der Waals surface area contributed by atoms with Crippen molar-refractivity contribution in [3.63, 3.8) is 0 Å². The minimum absolute atomic E-state index is 0.0203. The van der Waals surface area contributed by atoms with Gasteiger partial charge < -0.3 is 10.1 Å². The first-order valence-electron chi connectivity index (χ1n) is 7.76. The van der Waals surface area contributed by atoms with Crippen LogP contribution in [0.15, 0.2) is 0 Å². The lowest BCUT2D eigenvalue weighted by atomic mass is 9.90. The number of esters is 1. The fourth-order valence-electron chi connectivity index (χ4n) is 2.47. The fraction of sp³-hybridized carbons (Fsp3) is 0.875. The normalized spacial score (nSPS) is 13.9. The van der Waals surface area contributed by atoms with Crippen molar-refractivity contribution in [3.05, 3.63) is 0 Å². The molecule has 0 saturated heterocycles. The van der Waals surface area contributed by atoms with Crippen LogP contribution in [-0.2, 0) is 14.3 Å². The highest BCUT2D eigenvalue weighted by molar-refractivity contribution is 5.72. The molecule has 0 aromatic heterocycles. The Balaban J connectivity index is 3.76. The zero-order valence-electron chi connectivity index (χ0n) is 13.7. The number of ether oxygens (including phenoxy) is 1. The molecule has 0 spiro atoms. The van der Waals surface area contributed by atoms with Crippen LogP contribution in [0, 0.1) is 11.8 Å². The highest BCUT2D eigenvalue weighted by Gasteiger charge is 2.23. The largest absolute Gasteiger partial charge is 0.462 e. The Hall–Kier alpha value is -1.06. The number of hydrogen-bond acceptors (Lipinski definition) is 3. The van der Waals surface area contributed by atoms with Crippen LogP contribution in [0.1, 0.15) is 66.7 Å². The maximum absolute atomic E-state index is 11.1. The average Bonchev–Trinajstić information content (AvgIpc) is 2.33. The van der Waals surface area contributed by atoms with E-state index < -0.39 is 0 Å². The van der Waals surface area contributed by atoms with Gasteiger partial charge in [-0.2, -0.15) is 0 Å². The third-order valence-corrected chi connectivity index (χ3v) is 3.48. The average molecular weight is 285 g/mol. The van der Waals surface area contributed by atoms with E-state index in [1.807, 2.05) is 0 Å². The van der Waals surface area contributed by atoms with E-state index in [9.17, 15) is 9.59 Å². The van der Waals surface area contributed by atoms with Crippen LogP contribution in [0.3, 0.4) is 0 Å². The highest BCUT2D eigenvalue weighted by Crippen LogP contribution is 2.22. The van der Waals surface area contributed by atoms with Gasteiger partial charge in [0.25, 0.3) is 0 Å². The van der Waals surface area contributed by atoms with Gasteiger partial charge in [0.1, 0.15) is 6.10 Å². The molecule has 2 unspecified atom stereocenters. The molecule has 2 atom stereocenters. The minimum atomic E-state index is -0.189. The van der Waals surface area contributed by atoms with Crippen LogP contribution < -0.4 is 5.32 Å². The smallest absolute Gasteiger partial charge is 0.302 e. The summed E-state index contributed by atoms with van der Waals surface area (Å²) in [5, 5.41) is 2.80. The summed E-state index contributed by atoms with van der Waals surface area (Å²) in [6, 6.07) is 0. The molecule has 0 aliphatic carbocycles. The molecule has 4 heteroatoms. The lowest BCUT2D eigenvalue weighted by Crippen LogP contribution is -2.29. The Bertz CT molecular complexity index is 289. The Morgan fingerprint density at radius 3 is 2.10 bits per heavy atom. The maximum Gasteiger partial charge on any atom is 0.302 e. The first-order valence-corrected chi connectivity index (χ1v) is 7.76. The van der Waals surface area contributed by atoms with E-state index in [0.717, 1.165) is 38.6 Å². The second-order valence-electron chi connectivity index (χ2n) is 5.98. The van der Waals surface area contributed by atoms with E-state index in [1.54, 1.807) is 6.92 Å². The van der Waals surface area contributed by atoms with Gasteiger partial charge in [-0.05, 0) is 24.7 Å². The summed E-state index contributed by atoms with van der Waals surface area (Å²) in [6.07, 6.45) is 5.57. The summed E-state index contributed by atoms with van der Waals surface area (Å²) in [5.74, 6) is 0.605. The summed E-state index contributed by atoms with van der Waals surface area (Å²) in [4.78, 5) is 21.8. The number of rotatable bonds is 10. The zero-order chi connectivity index (χ0) is 15.5. The van der Waals surface area contributed by atoms with Gasteiger partial charge in [0.15, 0.2) is 0 Å². The van der Waals surface area contributed by atoms with Gasteiger partial charge >= 0.3 is 5.97 Å². The lowest BCUT2D eigenvalue weighted by molar-refractivity contribution is -0.151. The van der Waals surface area contributed by atoms with Gasteiger partial charge in [0.2, 0.25) is 5.91 Å². The molecule has 0 aliphatic heterocycles. The minimum Gasteiger partial charge on any atom is -0.462 e.